The van der Waals surface area contributed by atoms with Gasteiger partial charge in [0.05, 0.1) is 11.9 Å². The standard InChI is InChI=1S/C18H22N6O/c1-23-17-13(16(22-23)18(25)20-14-7-6-10-19-14)8-9-15(21-17)24-11-4-2-3-5-12-24/h6-9H,2-5,10-12H2,1H3,(H,19,20,25). The predicted molar refractivity (Wildman–Crippen MR) is 98.1 cm³/mol. The van der Waals surface area contributed by atoms with E-state index in [0.717, 1.165) is 29.9 Å². The van der Waals surface area contributed by atoms with Gasteiger partial charge in [-0.15, -0.1) is 0 Å². The molecule has 7 nitrogen and oxygen atoms in total. The topological polar surface area (TPSA) is 75.4 Å². The highest BCUT2D eigenvalue weighted by Gasteiger charge is 2.20. The fourth-order valence-electron chi connectivity index (χ4n) is 3.39. The SMILES string of the molecule is Cn1nc(C(=O)NC2=NCC=C2)c2ccc(N3CCCCCC3)nc21. The zero-order chi connectivity index (χ0) is 17.2. The van der Waals surface area contributed by atoms with Gasteiger partial charge in [-0.2, -0.15) is 5.10 Å². The van der Waals surface area contributed by atoms with Gasteiger partial charge in [-0.25, -0.2) is 9.67 Å². The number of pyridine rings is 1. The van der Waals surface area contributed by atoms with Crippen LogP contribution in [-0.4, -0.2) is 46.1 Å². The summed E-state index contributed by atoms with van der Waals surface area (Å²) in [6.45, 7) is 2.69. The predicted octanol–water partition coefficient (Wildman–Crippen LogP) is 2.05. The second-order valence-electron chi connectivity index (χ2n) is 6.50. The summed E-state index contributed by atoms with van der Waals surface area (Å²) in [6.07, 6.45) is 8.68. The maximum atomic E-state index is 12.5. The van der Waals surface area contributed by atoms with Gasteiger partial charge in [-0.1, -0.05) is 18.9 Å². The van der Waals surface area contributed by atoms with E-state index >= 15 is 0 Å². The number of amidine groups is 1. The average molecular weight is 338 g/mol. The van der Waals surface area contributed by atoms with E-state index < -0.39 is 0 Å². The van der Waals surface area contributed by atoms with Crippen LogP contribution in [0.1, 0.15) is 36.2 Å². The van der Waals surface area contributed by atoms with Gasteiger partial charge in [0.25, 0.3) is 5.91 Å². The van der Waals surface area contributed by atoms with E-state index in [0.29, 0.717) is 18.1 Å². The number of amides is 1. The molecule has 0 spiro atoms. The summed E-state index contributed by atoms with van der Waals surface area (Å²) in [5, 5.41) is 7.94. The lowest BCUT2D eigenvalue weighted by Crippen LogP contribution is -2.29. The highest BCUT2D eigenvalue weighted by Crippen LogP contribution is 2.23. The highest BCUT2D eigenvalue weighted by molar-refractivity contribution is 6.14. The molecule has 2 aromatic heterocycles. The summed E-state index contributed by atoms with van der Waals surface area (Å²) in [7, 11) is 1.82. The van der Waals surface area contributed by atoms with Crippen molar-refractivity contribution in [3.63, 3.8) is 0 Å². The molecular weight excluding hydrogens is 316 g/mol. The number of nitrogens with zero attached hydrogens (tertiary/aromatic N) is 5. The van der Waals surface area contributed by atoms with Crippen molar-refractivity contribution in [3.05, 3.63) is 30.0 Å². The lowest BCUT2D eigenvalue weighted by molar-refractivity contribution is 0.0973. The Hall–Kier alpha value is -2.70. The largest absolute Gasteiger partial charge is 0.357 e. The number of fused-ring (bicyclic) bond motifs is 1. The smallest absolute Gasteiger partial charge is 0.278 e. The Morgan fingerprint density at radius 2 is 1.96 bits per heavy atom. The lowest BCUT2D eigenvalue weighted by Gasteiger charge is -2.21. The van der Waals surface area contributed by atoms with Crippen molar-refractivity contribution < 1.29 is 4.79 Å². The third-order valence-electron chi connectivity index (χ3n) is 4.70. The van der Waals surface area contributed by atoms with Crippen LogP contribution in [0.4, 0.5) is 5.82 Å². The number of aliphatic imine (C=N–C) groups is 1. The van der Waals surface area contributed by atoms with Crippen molar-refractivity contribution in [2.75, 3.05) is 24.5 Å². The van der Waals surface area contributed by atoms with Crippen LogP contribution in [-0.2, 0) is 7.05 Å². The Balaban J connectivity index is 1.64. The van der Waals surface area contributed by atoms with E-state index in [1.54, 1.807) is 10.8 Å². The number of aromatic nitrogens is 3. The van der Waals surface area contributed by atoms with Crippen LogP contribution in [0.3, 0.4) is 0 Å². The zero-order valence-corrected chi connectivity index (χ0v) is 14.4. The molecule has 0 atom stereocenters. The molecule has 2 aliphatic heterocycles. The first-order valence-electron chi connectivity index (χ1n) is 8.83. The van der Waals surface area contributed by atoms with Gasteiger partial charge in [0.2, 0.25) is 0 Å². The van der Waals surface area contributed by atoms with E-state index in [2.05, 4.69) is 20.3 Å². The van der Waals surface area contributed by atoms with Gasteiger partial charge in [-0.05, 0) is 31.1 Å². The van der Waals surface area contributed by atoms with Crippen molar-refractivity contribution in [3.8, 4) is 0 Å². The molecule has 1 saturated heterocycles. The second kappa shape index (κ2) is 6.66. The number of hydrogen-bond acceptors (Lipinski definition) is 5. The first-order chi connectivity index (χ1) is 12.2. The molecule has 1 fully saturated rings. The Labute approximate surface area is 146 Å². The van der Waals surface area contributed by atoms with Crippen molar-refractivity contribution in [2.45, 2.75) is 25.7 Å². The van der Waals surface area contributed by atoms with Gasteiger partial charge < -0.3 is 10.2 Å². The molecule has 25 heavy (non-hydrogen) atoms. The van der Waals surface area contributed by atoms with Crippen LogP contribution in [0, 0.1) is 0 Å². The van der Waals surface area contributed by atoms with Crippen LogP contribution in [0.2, 0.25) is 0 Å². The Morgan fingerprint density at radius 1 is 1.16 bits per heavy atom. The number of anilines is 1. The Bertz CT molecular complexity index is 858. The van der Waals surface area contributed by atoms with Gasteiger partial charge in [-0.3, -0.25) is 9.79 Å². The van der Waals surface area contributed by atoms with Crippen molar-refractivity contribution in [1.29, 1.82) is 0 Å². The minimum atomic E-state index is -0.250. The van der Waals surface area contributed by atoms with Crippen LogP contribution in [0.5, 0.6) is 0 Å². The molecule has 0 aromatic carbocycles. The number of carbonyl (C=O) groups excluding carboxylic acids is 1. The minimum Gasteiger partial charge on any atom is -0.357 e. The van der Waals surface area contributed by atoms with Gasteiger partial charge in [0, 0.05) is 20.1 Å². The summed E-state index contributed by atoms with van der Waals surface area (Å²) in [4.78, 5) is 23.8. The minimum absolute atomic E-state index is 0.250. The fraction of sp³-hybridized carbons (Fsp3) is 0.444. The van der Waals surface area contributed by atoms with Crippen LogP contribution < -0.4 is 10.2 Å². The van der Waals surface area contributed by atoms with Crippen molar-refractivity contribution >= 4 is 28.6 Å². The molecule has 2 aliphatic rings. The summed E-state index contributed by atoms with van der Waals surface area (Å²) in [6, 6.07) is 3.95. The van der Waals surface area contributed by atoms with Crippen molar-refractivity contribution in [1.82, 2.24) is 20.1 Å². The summed E-state index contributed by atoms with van der Waals surface area (Å²) in [5.74, 6) is 1.30. The van der Waals surface area contributed by atoms with Gasteiger partial charge in [0.15, 0.2) is 11.3 Å². The molecule has 4 rings (SSSR count). The molecule has 0 saturated carbocycles. The van der Waals surface area contributed by atoms with Crippen molar-refractivity contribution in [2.24, 2.45) is 12.0 Å². The quantitative estimate of drug-likeness (QED) is 0.909. The first kappa shape index (κ1) is 15.8. The molecular formula is C18H22N6O. The van der Waals surface area contributed by atoms with Gasteiger partial charge >= 0.3 is 0 Å². The van der Waals surface area contributed by atoms with E-state index in [1.165, 1.54) is 25.7 Å². The maximum absolute atomic E-state index is 12.5. The molecule has 0 radical (unpaired) electrons. The van der Waals surface area contributed by atoms with Crippen LogP contribution >= 0.6 is 0 Å². The van der Waals surface area contributed by atoms with E-state index in [9.17, 15) is 4.79 Å². The first-order valence-corrected chi connectivity index (χ1v) is 8.83. The molecule has 7 heteroatoms. The molecule has 2 aromatic rings. The van der Waals surface area contributed by atoms with Gasteiger partial charge in [0.1, 0.15) is 11.7 Å². The van der Waals surface area contributed by atoms with Crippen LogP contribution in [0.25, 0.3) is 11.0 Å². The molecule has 4 heterocycles. The molecule has 0 unspecified atom stereocenters. The third-order valence-corrected chi connectivity index (χ3v) is 4.70. The molecule has 0 bridgehead atoms. The molecule has 130 valence electrons. The number of aryl methyl sites for hydroxylation is 1. The molecule has 1 amide bonds. The molecule has 1 N–H and O–H groups in total. The maximum Gasteiger partial charge on any atom is 0.278 e. The zero-order valence-electron chi connectivity index (χ0n) is 14.4. The Morgan fingerprint density at radius 3 is 2.68 bits per heavy atom. The van der Waals surface area contributed by atoms with E-state index in [-0.39, 0.29) is 5.91 Å². The fourth-order valence-corrected chi connectivity index (χ4v) is 3.39. The summed E-state index contributed by atoms with van der Waals surface area (Å²) >= 11 is 0. The number of nitrogens with one attached hydrogen (secondary N) is 1. The van der Waals surface area contributed by atoms with Crippen LogP contribution in [0.15, 0.2) is 29.3 Å². The summed E-state index contributed by atoms with van der Waals surface area (Å²) in [5.41, 5.74) is 1.12. The third kappa shape index (κ3) is 3.14. The number of rotatable bonds is 2. The monoisotopic (exact) mass is 338 g/mol. The highest BCUT2D eigenvalue weighted by atomic mass is 16.2. The second-order valence-corrected chi connectivity index (χ2v) is 6.50. The van der Waals surface area contributed by atoms with E-state index in [1.807, 2.05) is 25.3 Å². The molecule has 0 aliphatic carbocycles. The number of carbonyl (C=O) groups is 1. The lowest BCUT2D eigenvalue weighted by atomic mass is 10.2. The Kier molecular flexibility index (Phi) is 4.21. The number of hydrogen-bond donors (Lipinski definition) is 1. The normalized spacial score (nSPS) is 17.6. The average Bonchev–Trinajstić information content (AvgIpc) is 3.14. The summed E-state index contributed by atoms with van der Waals surface area (Å²) < 4.78 is 1.68. The van der Waals surface area contributed by atoms with E-state index in [4.69, 9.17) is 4.98 Å².